The lowest BCUT2D eigenvalue weighted by atomic mass is 9.66. The molecule has 1 spiro atoms. The minimum absolute atomic E-state index is 0.470. The maximum Gasteiger partial charge on any atom is 0.0726 e. The molecule has 0 unspecified atom stereocenters. The predicted molar refractivity (Wildman–Crippen MR) is 275 cm³/mol. The van der Waals surface area contributed by atoms with Crippen LogP contribution in [0.5, 0.6) is 0 Å². The Labute approximate surface area is 384 Å². The first-order valence-corrected chi connectivity index (χ1v) is 23.4. The number of fused-ring (bicyclic) bond motifs is 14. The average molecular weight is 846 g/mol. The molecule has 9 aromatic carbocycles. The van der Waals surface area contributed by atoms with Crippen molar-refractivity contribution in [2.45, 2.75) is 17.8 Å². The number of thiophene rings is 1. The molecule has 0 aliphatic heterocycles. The Kier molecular flexibility index (Phi) is 8.35. The van der Waals surface area contributed by atoms with Gasteiger partial charge >= 0.3 is 0 Å². The molecule has 0 saturated carbocycles. The monoisotopic (exact) mass is 845 g/mol. The van der Waals surface area contributed by atoms with Crippen LogP contribution in [0.25, 0.3) is 48.0 Å². The van der Waals surface area contributed by atoms with Gasteiger partial charge in [0.1, 0.15) is 0 Å². The van der Waals surface area contributed by atoms with Gasteiger partial charge in [-0.3, -0.25) is 0 Å². The third kappa shape index (κ3) is 5.03. The molecule has 3 aliphatic rings. The molecule has 306 valence electrons. The molecule has 0 amide bonds. The maximum absolute atomic E-state index is 4.53. The summed E-state index contributed by atoms with van der Waals surface area (Å²) in [6.45, 7) is 6.64. The van der Waals surface area contributed by atoms with Gasteiger partial charge in [-0.2, -0.15) is 0 Å². The van der Waals surface area contributed by atoms with Gasteiger partial charge in [0.05, 0.1) is 21.2 Å². The van der Waals surface area contributed by atoms with Gasteiger partial charge in [0.25, 0.3) is 0 Å². The van der Waals surface area contributed by atoms with Crippen molar-refractivity contribution in [3.8, 4) is 22.3 Å². The minimum atomic E-state index is -0.610. The van der Waals surface area contributed by atoms with E-state index in [1.807, 2.05) is 11.3 Å². The second-order valence-corrected chi connectivity index (χ2v) is 18.5. The number of anilines is 3. The van der Waals surface area contributed by atoms with Crippen LogP contribution in [0, 0.1) is 0 Å². The summed E-state index contributed by atoms with van der Waals surface area (Å²) < 4.78 is 2.55. The Balaban J connectivity index is 1.13. The van der Waals surface area contributed by atoms with E-state index >= 15 is 0 Å². The van der Waals surface area contributed by atoms with Crippen LogP contribution in [-0.4, -0.2) is 0 Å². The molecule has 13 rings (SSSR count). The highest BCUT2D eigenvalue weighted by Crippen LogP contribution is 2.64. The summed E-state index contributed by atoms with van der Waals surface area (Å²) in [4.78, 5) is 2.55. The second-order valence-electron chi connectivity index (χ2n) is 17.4. The fourth-order valence-electron chi connectivity index (χ4n) is 12.0. The van der Waals surface area contributed by atoms with Crippen molar-refractivity contribution in [3.05, 3.63) is 287 Å². The van der Waals surface area contributed by atoms with Gasteiger partial charge in [-0.1, -0.05) is 201 Å². The zero-order valence-corrected chi connectivity index (χ0v) is 36.8. The van der Waals surface area contributed by atoms with Crippen LogP contribution in [0.4, 0.5) is 17.1 Å². The van der Waals surface area contributed by atoms with Crippen LogP contribution in [0.15, 0.2) is 243 Å². The van der Waals surface area contributed by atoms with Crippen molar-refractivity contribution >= 4 is 54.1 Å². The largest absolute Gasteiger partial charge is 0.309 e. The van der Waals surface area contributed by atoms with E-state index in [4.69, 9.17) is 0 Å². The smallest absolute Gasteiger partial charge is 0.0726 e. The molecule has 0 N–H and O–H groups in total. The summed E-state index contributed by atoms with van der Waals surface area (Å²) in [6, 6.07) is 79.5. The molecule has 0 saturated heterocycles. The first kappa shape index (κ1) is 37.7. The number of allylic oxidation sites excluding steroid dienone is 5. The van der Waals surface area contributed by atoms with E-state index in [0.29, 0.717) is 0 Å². The van der Waals surface area contributed by atoms with Crippen LogP contribution >= 0.6 is 11.3 Å². The summed E-state index contributed by atoms with van der Waals surface area (Å²) in [5, 5.41) is 2.56. The van der Waals surface area contributed by atoms with E-state index in [1.165, 1.54) is 98.1 Å². The molecule has 65 heavy (non-hydrogen) atoms. The van der Waals surface area contributed by atoms with Gasteiger partial charge < -0.3 is 4.90 Å². The molecule has 2 heteroatoms. The minimum Gasteiger partial charge on any atom is -0.309 e. The summed E-state index contributed by atoms with van der Waals surface area (Å²) in [5.41, 5.74) is 20.1. The van der Waals surface area contributed by atoms with Gasteiger partial charge in [0.15, 0.2) is 0 Å². The van der Waals surface area contributed by atoms with Crippen LogP contribution in [0.3, 0.4) is 0 Å². The van der Waals surface area contributed by atoms with Crippen LogP contribution < -0.4 is 4.90 Å². The topological polar surface area (TPSA) is 3.24 Å². The zero-order valence-electron chi connectivity index (χ0n) is 36.0. The first-order valence-electron chi connectivity index (χ1n) is 22.6. The Hall–Kier alpha value is -7.78. The SMILES string of the molecule is C=CC1=C(/C=C\C)c2ccc(N(c3ccc4c(c3)C3(c5ccccc5-c5ccccc53)c3ccccc3-4)c3cccc4c3sc3ccccc34)cc2C1(c1ccccc1)c1ccccc1. The Bertz CT molecular complexity index is 3540. The van der Waals surface area contributed by atoms with Crippen LogP contribution in [0.1, 0.15) is 51.4 Å². The molecule has 0 bridgehead atoms. The molecule has 1 nitrogen and oxygen atoms in total. The fraction of sp³-hybridized carbons (Fsp3) is 0.0476. The molecule has 3 aliphatic carbocycles. The third-order valence-electron chi connectivity index (χ3n) is 14.5. The highest BCUT2D eigenvalue weighted by Gasteiger charge is 2.52. The highest BCUT2D eigenvalue weighted by molar-refractivity contribution is 7.26. The lowest BCUT2D eigenvalue weighted by Crippen LogP contribution is -2.29. The third-order valence-corrected chi connectivity index (χ3v) is 15.7. The van der Waals surface area contributed by atoms with Gasteiger partial charge in [-0.25, -0.2) is 0 Å². The van der Waals surface area contributed by atoms with Crippen molar-refractivity contribution in [2.75, 3.05) is 4.90 Å². The molecule has 10 aromatic rings. The molecule has 0 radical (unpaired) electrons. The van der Waals surface area contributed by atoms with Crippen molar-refractivity contribution in [1.29, 1.82) is 0 Å². The normalized spacial score (nSPS) is 14.7. The van der Waals surface area contributed by atoms with Gasteiger partial charge in [-0.05, 0) is 121 Å². The molecule has 1 heterocycles. The average Bonchev–Trinajstić information content (AvgIpc) is 4.07. The molecule has 0 fully saturated rings. The summed E-state index contributed by atoms with van der Waals surface area (Å²) in [6.07, 6.45) is 6.53. The lowest BCUT2D eigenvalue weighted by Gasteiger charge is -2.36. The number of nitrogens with zero attached hydrogens (tertiary/aromatic N) is 1. The Morgan fingerprint density at radius 3 is 1.52 bits per heavy atom. The number of hydrogen-bond acceptors (Lipinski definition) is 2. The van der Waals surface area contributed by atoms with Crippen LogP contribution in [0.2, 0.25) is 0 Å². The van der Waals surface area contributed by atoms with E-state index in [-0.39, 0.29) is 0 Å². The lowest BCUT2D eigenvalue weighted by molar-refractivity contribution is 0.762. The highest BCUT2D eigenvalue weighted by atomic mass is 32.1. The summed E-state index contributed by atoms with van der Waals surface area (Å²) in [5.74, 6) is 0. The van der Waals surface area contributed by atoms with E-state index in [2.05, 4.69) is 249 Å². The van der Waals surface area contributed by atoms with Crippen LogP contribution in [-0.2, 0) is 10.8 Å². The Morgan fingerprint density at radius 2 is 0.938 bits per heavy atom. The molecule has 1 aromatic heterocycles. The van der Waals surface area contributed by atoms with Crippen molar-refractivity contribution in [3.63, 3.8) is 0 Å². The molecule has 0 atom stereocenters. The van der Waals surface area contributed by atoms with Gasteiger partial charge in [0, 0.05) is 26.8 Å². The van der Waals surface area contributed by atoms with E-state index < -0.39 is 10.8 Å². The summed E-state index contributed by atoms with van der Waals surface area (Å²) >= 11 is 1.88. The Morgan fingerprint density at radius 1 is 0.446 bits per heavy atom. The number of benzene rings is 9. The standard InChI is InChI=1S/C63H43NS/c1-3-20-45-49-37-35-43(39-57(49)62(53(45)4-2,41-21-7-5-8-22-41)42-23-9-6-10-24-42)64(59-33-19-29-52-51-28-14-18-34-60(51)65-61(52)59)44-36-38-50-48-27-13-17-32-56(48)63(58(50)40-44)54-30-15-11-25-46(54)47-26-12-16-31-55(47)63/h3-40H,2H2,1H3/b20-3-. The molecular weight excluding hydrogens is 803 g/mol. The predicted octanol–water partition coefficient (Wildman–Crippen LogP) is 16.7. The number of hydrogen-bond donors (Lipinski definition) is 0. The maximum atomic E-state index is 4.53. The summed E-state index contributed by atoms with van der Waals surface area (Å²) in [7, 11) is 0. The van der Waals surface area contributed by atoms with Gasteiger partial charge in [0.2, 0.25) is 0 Å². The number of rotatable bonds is 7. The zero-order chi connectivity index (χ0) is 43.3. The van der Waals surface area contributed by atoms with E-state index in [9.17, 15) is 0 Å². The first-order chi connectivity index (χ1) is 32.2. The van der Waals surface area contributed by atoms with Crippen molar-refractivity contribution in [1.82, 2.24) is 0 Å². The second kappa shape index (κ2) is 14.4. The van der Waals surface area contributed by atoms with Crippen molar-refractivity contribution < 1.29 is 0 Å². The molecular formula is C63H43NS. The van der Waals surface area contributed by atoms with Crippen molar-refractivity contribution in [2.24, 2.45) is 0 Å². The van der Waals surface area contributed by atoms with Gasteiger partial charge in [-0.15, -0.1) is 11.3 Å². The van der Waals surface area contributed by atoms with E-state index in [1.54, 1.807) is 0 Å². The van der Waals surface area contributed by atoms with E-state index in [0.717, 1.165) is 17.1 Å². The quantitative estimate of drug-likeness (QED) is 0.154. The fourth-order valence-corrected chi connectivity index (χ4v) is 13.2.